The van der Waals surface area contributed by atoms with Crippen LogP contribution in [0.25, 0.3) is 0 Å². The van der Waals surface area contributed by atoms with Gasteiger partial charge in [-0.15, -0.1) is 24.0 Å². The maximum absolute atomic E-state index is 12.2. The van der Waals surface area contributed by atoms with Crippen LogP contribution in [-0.2, 0) is 6.54 Å². The van der Waals surface area contributed by atoms with Crippen molar-refractivity contribution >= 4 is 35.8 Å². The van der Waals surface area contributed by atoms with E-state index in [9.17, 15) is 4.79 Å². The molecule has 2 N–H and O–H groups in total. The summed E-state index contributed by atoms with van der Waals surface area (Å²) in [5, 5.41) is 6.14. The van der Waals surface area contributed by atoms with E-state index in [0.717, 1.165) is 12.5 Å². The summed E-state index contributed by atoms with van der Waals surface area (Å²) in [5.41, 5.74) is 1.79. The highest BCUT2D eigenvalue weighted by molar-refractivity contribution is 14.0. The SMILES string of the molecule is CN=C(NCCNC(=O)c1cccc(OC)c1)N(C)Cc1ccccc1.I. The Hall–Kier alpha value is -2.29. The zero-order chi connectivity index (χ0) is 18.8. The fourth-order valence-electron chi connectivity index (χ4n) is 2.53. The van der Waals surface area contributed by atoms with E-state index in [0.29, 0.717) is 24.4 Å². The molecule has 0 heterocycles. The standard InChI is InChI=1S/C20H26N4O2.HI/c1-21-20(24(2)15-16-8-5-4-6-9-16)23-13-12-22-19(25)17-10-7-11-18(14-17)26-3;/h4-11,14H,12-13,15H2,1-3H3,(H,21,23)(H,22,25);1H. The van der Waals surface area contributed by atoms with Gasteiger partial charge < -0.3 is 20.3 Å². The van der Waals surface area contributed by atoms with Gasteiger partial charge in [-0.2, -0.15) is 0 Å². The number of hydrogen-bond acceptors (Lipinski definition) is 3. The molecule has 0 aliphatic heterocycles. The summed E-state index contributed by atoms with van der Waals surface area (Å²) < 4.78 is 5.14. The number of methoxy groups -OCH3 is 1. The fourth-order valence-corrected chi connectivity index (χ4v) is 2.53. The van der Waals surface area contributed by atoms with Crippen molar-refractivity contribution in [2.24, 2.45) is 4.99 Å². The molecule has 6 nitrogen and oxygen atoms in total. The fraction of sp³-hybridized carbons (Fsp3) is 0.300. The van der Waals surface area contributed by atoms with Crippen molar-refractivity contribution in [3.05, 3.63) is 65.7 Å². The summed E-state index contributed by atoms with van der Waals surface area (Å²) >= 11 is 0. The van der Waals surface area contributed by atoms with E-state index in [4.69, 9.17) is 4.74 Å². The Bertz CT molecular complexity index is 738. The lowest BCUT2D eigenvalue weighted by Crippen LogP contribution is -2.42. The molecule has 2 aromatic rings. The van der Waals surface area contributed by atoms with Crippen molar-refractivity contribution in [3.8, 4) is 5.75 Å². The Morgan fingerprint density at radius 1 is 1.07 bits per heavy atom. The summed E-state index contributed by atoms with van der Waals surface area (Å²) in [7, 11) is 5.31. The minimum atomic E-state index is -0.127. The minimum absolute atomic E-state index is 0. The molecule has 0 saturated carbocycles. The van der Waals surface area contributed by atoms with Crippen molar-refractivity contribution in [2.45, 2.75) is 6.54 Å². The lowest BCUT2D eigenvalue weighted by molar-refractivity contribution is 0.0954. The second-order valence-corrected chi connectivity index (χ2v) is 5.80. The first-order chi connectivity index (χ1) is 12.6. The molecule has 0 aliphatic carbocycles. The van der Waals surface area contributed by atoms with E-state index in [2.05, 4.69) is 27.8 Å². The van der Waals surface area contributed by atoms with Crippen LogP contribution in [0.3, 0.4) is 0 Å². The summed E-state index contributed by atoms with van der Waals surface area (Å²) in [6.45, 7) is 1.84. The Morgan fingerprint density at radius 3 is 2.44 bits per heavy atom. The maximum atomic E-state index is 12.2. The van der Waals surface area contributed by atoms with Crippen molar-refractivity contribution in [1.29, 1.82) is 0 Å². The molecular formula is C20H27IN4O2. The van der Waals surface area contributed by atoms with Crippen molar-refractivity contribution in [1.82, 2.24) is 15.5 Å². The van der Waals surface area contributed by atoms with E-state index in [1.807, 2.05) is 36.2 Å². The maximum Gasteiger partial charge on any atom is 0.251 e. The first kappa shape index (κ1) is 22.8. The number of aliphatic imine (C=N–C) groups is 1. The van der Waals surface area contributed by atoms with E-state index in [1.54, 1.807) is 32.4 Å². The largest absolute Gasteiger partial charge is 0.497 e. The molecule has 146 valence electrons. The molecule has 0 bridgehead atoms. The molecule has 2 aromatic carbocycles. The monoisotopic (exact) mass is 482 g/mol. The number of amides is 1. The highest BCUT2D eigenvalue weighted by atomic mass is 127. The van der Waals surface area contributed by atoms with Gasteiger partial charge in [-0.05, 0) is 23.8 Å². The first-order valence-electron chi connectivity index (χ1n) is 8.52. The molecule has 7 heteroatoms. The lowest BCUT2D eigenvalue weighted by atomic mass is 10.2. The number of nitrogens with one attached hydrogen (secondary N) is 2. The van der Waals surface area contributed by atoms with E-state index < -0.39 is 0 Å². The van der Waals surface area contributed by atoms with Crippen LogP contribution >= 0.6 is 24.0 Å². The van der Waals surface area contributed by atoms with Gasteiger partial charge in [-0.3, -0.25) is 9.79 Å². The third-order valence-corrected chi connectivity index (χ3v) is 3.86. The van der Waals surface area contributed by atoms with Crippen LogP contribution in [0.5, 0.6) is 5.75 Å². The average Bonchev–Trinajstić information content (AvgIpc) is 2.68. The van der Waals surface area contributed by atoms with Crippen molar-refractivity contribution in [2.75, 3.05) is 34.3 Å². The average molecular weight is 482 g/mol. The predicted octanol–water partition coefficient (Wildman–Crippen LogP) is 2.75. The predicted molar refractivity (Wildman–Crippen MR) is 120 cm³/mol. The number of halogens is 1. The van der Waals surface area contributed by atoms with E-state index in [1.165, 1.54) is 5.56 Å². The number of carbonyl (C=O) groups excluding carboxylic acids is 1. The highest BCUT2D eigenvalue weighted by Crippen LogP contribution is 2.12. The third-order valence-electron chi connectivity index (χ3n) is 3.86. The summed E-state index contributed by atoms with van der Waals surface area (Å²) in [4.78, 5) is 18.5. The van der Waals surface area contributed by atoms with Crippen LogP contribution in [0, 0.1) is 0 Å². The Labute approximate surface area is 178 Å². The van der Waals surface area contributed by atoms with Crippen LogP contribution in [0.2, 0.25) is 0 Å². The summed E-state index contributed by atoms with van der Waals surface area (Å²) in [6.07, 6.45) is 0. The number of hydrogen-bond donors (Lipinski definition) is 2. The van der Waals surface area contributed by atoms with Gasteiger partial charge in [0.15, 0.2) is 5.96 Å². The number of benzene rings is 2. The van der Waals surface area contributed by atoms with Gasteiger partial charge in [0.25, 0.3) is 5.91 Å². The Morgan fingerprint density at radius 2 is 1.78 bits per heavy atom. The normalized spacial score (nSPS) is 10.6. The second-order valence-electron chi connectivity index (χ2n) is 5.80. The van der Waals surface area contributed by atoms with Gasteiger partial charge in [0, 0.05) is 39.3 Å². The van der Waals surface area contributed by atoms with Crippen molar-refractivity contribution in [3.63, 3.8) is 0 Å². The molecular weight excluding hydrogens is 455 g/mol. The molecule has 0 saturated heterocycles. The van der Waals surface area contributed by atoms with Crippen molar-refractivity contribution < 1.29 is 9.53 Å². The van der Waals surface area contributed by atoms with Gasteiger partial charge >= 0.3 is 0 Å². The third kappa shape index (κ3) is 7.46. The molecule has 0 radical (unpaired) electrons. The first-order valence-corrected chi connectivity index (χ1v) is 8.52. The van der Waals surface area contributed by atoms with Crippen LogP contribution in [-0.4, -0.2) is 51.1 Å². The molecule has 0 atom stereocenters. The zero-order valence-electron chi connectivity index (χ0n) is 15.9. The molecule has 0 aromatic heterocycles. The molecule has 0 spiro atoms. The van der Waals surface area contributed by atoms with Crippen LogP contribution in [0.1, 0.15) is 15.9 Å². The van der Waals surface area contributed by atoms with Gasteiger partial charge in [0.2, 0.25) is 0 Å². The molecule has 0 unspecified atom stereocenters. The van der Waals surface area contributed by atoms with E-state index >= 15 is 0 Å². The van der Waals surface area contributed by atoms with E-state index in [-0.39, 0.29) is 29.9 Å². The van der Waals surface area contributed by atoms with Gasteiger partial charge in [0.05, 0.1) is 7.11 Å². The quantitative estimate of drug-likeness (QED) is 0.276. The molecule has 1 amide bonds. The number of ether oxygens (including phenoxy) is 1. The van der Waals surface area contributed by atoms with Gasteiger partial charge in [0.1, 0.15) is 5.75 Å². The summed E-state index contributed by atoms with van der Waals surface area (Å²) in [5.74, 6) is 1.32. The zero-order valence-corrected chi connectivity index (χ0v) is 18.3. The Balaban J connectivity index is 0.00000364. The number of guanidine groups is 1. The highest BCUT2D eigenvalue weighted by Gasteiger charge is 2.08. The number of nitrogens with zero attached hydrogens (tertiary/aromatic N) is 2. The molecule has 2 rings (SSSR count). The van der Waals surface area contributed by atoms with Crippen LogP contribution < -0.4 is 15.4 Å². The molecule has 0 fully saturated rings. The van der Waals surface area contributed by atoms with Crippen LogP contribution in [0.15, 0.2) is 59.6 Å². The van der Waals surface area contributed by atoms with Gasteiger partial charge in [-0.1, -0.05) is 36.4 Å². The topological polar surface area (TPSA) is 66.0 Å². The summed E-state index contributed by atoms with van der Waals surface area (Å²) in [6, 6.07) is 17.3. The molecule has 27 heavy (non-hydrogen) atoms. The minimum Gasteiger partial charge on any atom is -0.497 e. The van der Waals surface area contributed by atoms with Crippen LogP contribution in [0.4, 0.5) is 0 Å². The smallest absolute Gasteiger partial charge is 0.251 e. The number of rotatable bonds is 7. The molecule has 0 aliphatic rings. The lowest BCUT2D eigenvalue weighted by Gasteiger charge is -2.22. The Kier molecular flexibility index (Phi) is 10.2. The number of carbonyl (C=O) groups is 1. The van der Waals surface area contributed by atoms with Gasteiger partial charge in [-0.25, -0.2) is 0 Å². The second kappa shape index (κ2) is 12.2.